The van der Waals surface area contributed by atoms with E-state index in [1.807, 2.05) is 11.9 Å². The molecule has 0 amide bonds. The highest BCUT2D eigenvalue weighted by atomic mass is 32.2. The summed E-state index contributed by atoms with van der Waals surface area (Å²) in [4.78, 5) is 0. The Labute approximate surface area is 60.9 Å². The minimum Gasteiger partial charge on any atom is -0.330 e. The first-order valence-electron chi connectivity index (χ1n) is 3.51. The summed E-state index contributed by atoms with van der Waals surface area (Å²) in [6, 6.07) is 0. The highest BCUT2D eigenvalue weighted by Gasteiger charge is 2.10. The van der Waals surface area contributed by atoms with Crippen molar-refractivity contribution in [3.05, 3.63) is 0 Å². The van der Waals surface area contributed by atoms with Gasteiger partial charge in [0.2, 0.25) is 0 Å². The van der Waals surface area contributed by atoms with E-state index in [0.29, 0.717) is 0 Å². The van der Waals surface area contributed by atoms with E-state index in [0.717, 1.165) is 12.3 Å². The predicted molar refractivity (Wildman–Crippen MR) is 42.3 cm³/mol. The van der Waals surface area contributed by atoms with Gasteiger partial charge in [-0.3, -0.25) is 4.31 Å². The van der Waals surface area contributed by atoms with Gasteiger partial charge in [0.15, 0.2) is 0 Å². The van der Waals surface area contributed by atoms with Crippen LogP contribution in [0.3, 0.4) is 0 Å². The quantitative estimate of drug-likeness (QED) is 0.594. The molecule has 2 nitrogen and oxygen atoms in total. The van der Waals surface area contributed by atoms with E-state index in [2.05, 4.69) is 4.31 Å². The molecule has 0 spiro atoms. The van der Waals surface area contributed by atoms with Crippen molar-refractivity contribution < 1.29 is 0 Å². The SMILES string of the molecule is NCCSN1CCCC1. The first-order chi connectivity index (χ1) is 4.43. The molecule has 3 heteroatoms. The lowest BCUT2D eigenvalue weighted by molar-refractivity contribution is 0.586. The molecule has 1 aliphatic rings. The largest absolute Gasteiger partial charge is 0.330 e. The van der Waals surface area contributed by atoms with Gasteiger partial charge in [0.05, 0.1) is 0 Å². The van der Waals surface area contributed by atoms with Crippen molar-refractivity contribution >= 4 is 11.9 Å². The Morgan fingerprint density at radius 2 is 2.00 bits per heavy atom. The van der Waals surface area contributed by atoms with E-state index in [-0.39, 0.29) is 0 Å². The minimum absolute atomic E-state index is 0.807. The Hall–Kier alpha value is 0.270. The monoisotopic (exact) mass is 146 g/mol. The molecular formula is C6H14N2S. The molecule has 0 aromatic carbocycles. The van der Waals surface area contributed by atoms with Crippen LogP contribution in [-0.2, 0) is 0 Å². The molecular weight excluding hydrogens is 132 g/mol. The maximum atomic E-state index is 5.36. The third kappa shape index (κ3) is 2.56. The molecule has 0 aromatic rings. The molecule has 9 heavy (non-hydrogen) atoms. The molecule has 0 bridgehead atoms. The van der Waals surface area contributed by atoms with Gasteiger partial charge in [-0.15, -0.1) is 0 Å². The van der Waals surface area contributed by atoms with Crippen LogP contribution in [0.1, 0.15) is 12.8 Å². The summed E-state index contributed by atoms with van der Waals surface area (Å²) < 4.78 is 2.41. The Bertz CT molecular complexity index is 71.5. The van der Waals surface area contributed by atoms with Gasteiger partial charge < -0.3 is 5.73 Å². The Balaban J connectivity index is 1.98. The van der Waals surface area contributed by atoms with E-state index in [4.69, 9.17) is 5.73 Å². The predicted octanol–water partition coefficient (Wildman–Crippen LogP) is 0.689. The van der Waals surface area contributed by atoms with Crippen molar-refractivity contribution in [1.29, 1.82) is 0 Å². The number of nitrogens with two attached hydrogens (primary N) is 1. The molecule has 0 saturated carbocycles. The summed E-state index contributed by atoms with van der Waals surface area (Å²) in [7, 11) is 0. The third-order valence-corrected chi connectivity index (χ3v) is 2.61. The molecule has 0 aromatic heterocycles. The summed E-state index contributed by atoms with van der Waals surface area (Å²) in [6.07, 6.45) is 2.75. The molecule has 0 radical (unpaired) electrons. The van der Waals surface area contributed by atoms with Gasteiger partial charge in [-0.1, -0.05) is 11.9 Å². The van der Waals surface area contributed by atoms with Crippen molar-refractivity contribution in [2.24, 2.45) is 5.73 Å². The highest BCUT2D eigenvalue weighted by Crippen LogP contribution is 2.16. The fourth-order valence-electron chi connectivity index (χ4n) is 0.999. The summed E-state index contributed by atoms with van der Waals surface area (Å²) in [5, 5.41) is 0. The van der Waals surface area contributed by atoms with Crippen molar-refractivity contribution in [2.45, 2.75) is 12.8 Å². The van der Waals surface area contributed by atoms with Crippen LogP contribution in [0, 0.1) is 0 Å². The van der Waals surface area contributed by atoms with Gasteiger partial charge >= 0.3 is 0 Å². The van der Waals surface area contributed by atoms with Crippen LogP contribution in [0.25, 0.3) is 0 Å². The lowest BCUT2D eigenvalue weighted by Crippen LogP contribution is -2.13. The smallest absolute Gasteiger partial charge is 0.0204 e. The zero-order valence-corrected chi connectivity index (χ0v) is 6.49. The fourth-order valence-corrected chi connectivity index (χ4v) is 1.88. The van der Waals surface area contributed by atoms with Gasteiger partial charge in [0.25, 0.3) is 0 Å². The van der Waals surface area contributed by atoms with Crippen LogP contribution in [0.5, 0.6) is 0 Å². The lowest BCUT2D eigenvalue weighted by Gasteiger charge is -2.11. The average Bonchev–Trinajstić information content (AvgIpc) is 2.34. The van der Waals surface area contributed by atoms with Crippen molar-refractivity contribution in [2.75, 3.05) is 25.4 Å². The molecule has 1 aliphatic heterocycles. The van der Waals surface area contributed by atoms with Gasteiger partial charge in [-0.2, -0.15) is 0 Å². The number of nitrogens with zero attached hydrogens (tertiary/aromatic N) is 1. The van der Waals surface area contributed by atoms with Crippen molar-refractivity contribution in [3.8, 4) is 0 Å². The summed E-state index contributed by atoms with van der Waals surface area (Å²) in [6.45, 7) is 3.34. The summed E-state index contributed by atoms with van der Waals surface area (Å²) in [5.74, 6) is 1.08. The molecule has 2 N–H and O–H groups in total. The fraction of sp³-hybridized carbons (Fsp3) is 1.00. The van der Waals surface area contributed by atoms with Crippen LogP contribution < -0.4 is 5.73 Å². The zero-order valence-electron chi connectivity index (χ0n) is 5.68. The van der Waals surface area contributed by atoms with Crippen LogP contribution in [0.2, 0.25) is 0 Å². The van der Waals surface area contributed by atoms with E-state index in [1.54, 1.807) is 0 Å². The van der Waals surface area contributed by atoms with Crippen molar-refractivity contribution in [1.82, 2.24) is 4.31 Å². The Kier molecular flexibility index (Phi) is 3.40. The topological polar surface area (TPSA) is 29.3 Å². The summed E-state index contributed by atoms with van der Waals surface area (Å²) >= 11 is 1.89. The van der Waals surface area contributed by atoms with Crippen LogP contribution >= 0.6 is 11.9 Å². The molecule has 1 rings (SSSR count). The normalized spacial score (nSPS) is 21.0. The maximum absolute atomic E-state index is 5.36. The lowest BCUT2D eigenvalue weighted by atomic mass is 10.4. The summed E-state index contributed by atoms with van der Waals surface area (Å²) in [5.41, 5.74) is 5.36. The van der Waals surface area contributed by atoms with Crippen LogP contribution in [-0.4, -0.2) is 29.7 Å². The number of rotatable bonds is 3. The second-order valence-electron chi connectivity index (χ2n) is 2.26. The van der Waals surface area contributed by atoms with Crippen molar-refractivity contribution in [3.63, 3.8) is 0 Å². The molecule has 54 valence electrons. The number of hydrogen-bond acceptors (Lipinski definition) is 3. The zero-order chi connectivity index (χ0) is 6.53. The Morgan fingerprint density at radius 3 is 2.56 bits per heavy atom. The van der Waals surface area contributed by atoms with E-state index >= 15 is 0 Å². The van der Waals surface area contributed by atoms with E-state index in [1.165, 1.54) is 25.9 Å². The number of hydrogen-bond donors (Lipinski definition) is 1. The van der Waals surface area contributed by atoms with Crippen LogP contribution in [0.15, 0.2) is 0 Å². The molecule has 0 aliphatic carbocycles. The van der Waals surface area contributed by atoms with E-state index < -0.39 is 0 Å². The molecule has 0 unspecified atom stereocenters. The molecule has 1 fully saturated rings. The molecule has 1 saturated heterocycles. The Morgan fingerprint density at radius 1 is 1.33 bits per heavy atom. The first-order valence-corrected chi connectivity index (χ1v) is 4.45. The molecule has 1 heterocycles. The third-order valence-electron chi connectivity index (χ3n) is 1.46. The highest BCUT2D eigenvalue weighted by molar-refractivity contribution is 7.97. The van der Waals surface area contributed by atoms with Gasteiger partial charge in [0.1, 0.15) is 0 Å². The second-order valence-corrected chi connectivity index (χ2v) is 3.44. The molecule has 0 atom stereocenters. The minimum atomic E-state index is 0.807. The van der Waals surface area contributed by atoms with Crippen LogP contribution in [0.4, 0.5) is 0 Å². The van der Waals surface area contributed by atoms with Gasteiger partial charge in [-0.25, -0.2) is 0 Å². The average molecular weight is 146 g/mol. The maximum Gasteiger partial charge on any atom is 0.0204 e. The second kappa shape index (κ2) is 4.14. The van der Waals surface area contributed by atoms with Gasteiger partial charge in [-0.05, 0) is 12.8 Å². The first kappa shape index (κ1) is 7.38. The van der Waals surface area contributed by atoms with E-state index in [9.17, 15) is 0 Å². The van der Waals surface area contributed by atoms with Gasteiger partial charge in [0, 0.05) is 25.4 Å². The standard InChI is InChI=1S/C6H14N2S/c7-3-6-9-8-4-1-2-5-8/h1-7H2.